The Morgan fingerprint density at radius 2 is 1.90 bits per heavy atom. The fourth-order valence-electron chi connectivity index (χ4n) is 4.23. The second kappa shape index (κ2) is 9.92. The van der Waals surface area contributed by atoms with Gasteiger partial charge >= 0.3 is 0 Å². The van der Waals surface area contributed by atoms with Gasteiger partial charge in [-0.3, -0.25) is 0 Å². The summed E-state index contributed by atoms with van der Waals surface area (Å²) in [6, 6.07) is 6.79. The fourth-order valence-corrected chi connectivity index (χ4v) is 4.23. The second-order valence-corrected chi connectivity index (χ2v) is 8.16. The van der Waals surface area contributed by atoms with E-state index in [0.717, 1.165) is 36.5 Å². The van der Waals surface area contributed by atoms with Crippen molar-refractivity contribution < 1.29 is 4.74 Å². The molecule has 0 atom stereocenters. The SMILES string of the molecule is CNc1ccnc(N(C)C2CCC(CNCc3cc(C)c(OC)cc3C)CC2)n1. The molecule has 1 aromatic heterocycles. The van der Waals surface area contributed by atoms with Crippen molar-refractivity contribution >= 4 is 11.8 Å². The van der Waals surface area contributed by atoms with Crippen molar-refractivity contribution in [3.8, 4) is 5.75 Å². The lowest BCUT2D eigenvalue weighted by Crippen LogP contribution is -2.38. The van der Waals surface area contributed by atoms with Crippen LogP contribution in [-0.2, 0) is 6.54 Å². The summed E-state index contributed by atoms with van der Waals surface area (Å²) in [5.74, 6) is 3.38. The quantitative estimate of drug-likeness (QED) is 0.704. The van der Waals surface area contributed by atoms with Gasteiger partial charge in [0.05, 0.1) is 7.11 Å². The summed E-state index contributed by atoms with van der Waals surface area (Å²) in [6.45, 7) is 6.26. The van der Waals surface area contributed by atoms with Crippen LogP contribution in [0.25, 0.3) is 0 Å². The van der Waals surface area contributed by atoms with Crippen molar-refractivity contribution in [1.29, 1.82) is 0 Å². The van der Waals surface area contributed by atoms with E-state index in [0.29, 0.717) is 6.04 Å². The minimum Gasteiger partial charge on any atom is -0.496 e. The van der Waals surface area contributed by atoms with Gasteiger partial charge in [0.1, 0.15) is 11.6 Å². The summed E-state index contributed by atoms with van der Waals surface area (Å²) in [5.41, 5.74) is 3.84. The number of nitrogens with one attached hydrogen (secondary N) is 2. The molecule has 0 unspecified atom stereocenters. The molecular formula is C23H35N5O. The van der Waals surface area contributed by atoms with E-state index in [1.54, 1.807) is 7.11 Å². The Morgan fingerprint density at radius 1 is 1.14 bits per heavy atom. The third-order valence-corrected chi connectivity index (χ3v) is 6.18. The van der Waals surface area contributed by atoms with Gasteiger partial charge in [-0.15, -0.1) is 0 Å². The topological polar surface area (TPSA) is 62.3 Å². The second-order valence-electron chi connectivity index (χ2n) is 8.16. The van der Waals surface area contributed by atoms with Crippen LogP contribution in [0.2, 0.25) is 0 Å². The molecule has 1 aliphatic rings. The predicted molar refractivity (Wildman–Crippen MR) is 120 cm³/mol. The molecule has 2 N–H and O–H groups in total. The summed E-state index contributed by atoms with van der Waals surface area (Å²) in [4.78, 5) is 11.3. The average Bonchev–Trinajstić information content (AvgIpc) is 2.75. The third-order valence-electron chi connectivity index (χ3n) is 6.18. The molecule has 0 spiro atoms. The van der Waals surface area contributed by atoms with Crippen molar-refractivity contribution in [3.63, 3.8) is 0 Å². The number of anilines is 2. The zero-order valence-electron chi connectivity index (χ0n) is 18.5. The van der Waals surface area contributed by atoms with Gasteiger partial charge in [-0.1, -0.05) is 6.07 Å². The molecule has 29 heavy (non-hydrogen) atoms. The van der Waals surface area contributed by atoms with E-state index < -0.39 is 0 Å². The molecule has 0 radical (unpaired) electrons. The Bertz CT molecular complexity index is 802. The Hall–Kier alpha value is -2.34. The monoisotopic (exact) mass is 397 g/mol. The van der Waals surface area contributed by atoms with Crippen LogP contribution in [0.15, 0.2) is 24.4 Å². The van der Waals surface area contributed by atoms with Gasteiger partial charge in [-0.05, 0) is 80.8 Å². The van der Waals surface area contributed by atoms with Gasteiger partial charge in [0.25, 0.3) is 0 Å². The number of ether oxygens (including phenoxy) is 1. The number of rotatable bonds is 8. The van der Waals surface area contributed by atoms with Gasteiger partial charge in [-0.2, -0.15) is 4.98 Å². The molecule has 6 nitrogen and oxygen atoms in total. The molecule has 0 amide bonds. The van der Waals surface area contributed by atoms with Crippen molar-refractivity contribution in [2.45, 2.75) is 52.1 Å². The molecular weight excluding hydrogens is 362 g/mol. The first kappa shape index (κ1) is 21.4. The molecule has 0 saturated heterocycles. The zero-order valence-corrected chi connectivity index (χ0v) is 18.5. The van der Waals surface area contributed by atoms with Crippen molar-refractivity contribution in [2.24, 2.45) is 5.92 Å². The van der Waals surface area contributed by atoms with Crippen LogP contribution in [0.4, 0.5) is 11.8 Å². The highest BCUT2D eigenvalue weighted by Crippen LogP contribution is 2.29. The minimum absolute atomic E-state index is 0.518. The molecule has 3 rings (SSSR count). The van der Waals surface area contributed by atoms with Gasteiger partial charge in [0.15, 0.2) is 0 Å². The normalized spacial score (nSPS) is 19.1. The maximum absolute atomic E-state index is 5.42. The van der Waals surface area contributed by atoms with E-state index in [-0.39, 0.29) is 0 Å². The summed E-state index contributed by atoms with van der Waals surface area (Å²) >= 11 is 0. The maximum Gasteiger partial charge on any atom is 0.227 e. The van der Waals surface area contributed by atoms with Crippen LogP contribution in [0, 0.1) is 19.8 Å². The average molecular weight is 398 g/mol. The van der Waals surface area contributed by atoms with E-state index in [2.05, 4.69) is 58.5 Å². The number of aromatic nitrogens is 2. The van der Waals surface area contributed by atoms with Gasteiger partial charge < -0.3 is 20.3 Å². The van der Waals surface area contributed by atoms with E-state index >= 15 is 0 Å². The lowest BCUT2D eigenvalue weighted by molar-refractivity contribution is 0.308. The van der Waals surface area contributed by atoms with Gasteiger partial charge in [0, 0.05) is 32.9 Å². The maximum atomic E-state index is 5.42. The molecule has 1 saturated carbocycles. The fraction of sp³-hybridized carbons (Fsp3) is 0.565. The molecule has 2 aromatic rings. The zero-order chi connectivity index (χ0) is 20.8. The number of aryl methyl sites for hydroxylation is 2. The van der Waals surface area contributed by atoms with E-state index in [1.165, 1.54) is 42.4 Å². The molecule has 1 aliphatic carbocycles. The number of nitrogens with zero attached hydrogens (tertiary/aromatic N) is 3. The Labute approximate surface area is 175 Å². The molecule has 0 bridgehead atoms. The highest BCUT2D eigenvalue weighted by molar-refractivity contribution is 5.42. The number of benzene rings is 1. The van der Waals surface area contributed by atoms with Crippen LogP contribution >= 0.6 is 0 Å². The van der Waals surface area contributed by atoms with Gasteiger partial charge in [-0.25, -0.2) is 4.98 Å². The smallest absolute Gasteiger partial charge is 0.227 e. The summed E-state index contributed by atoms with van der Waals surface area (Å²) in [7, 11) is 5.74. The lowest BCUT2D eigenvalue weighted by Gasteiger charge is -2.35. The van der Waals surface area contributed by atoms with E-state index in [4.69, 9.17) is 4.74 Å². The van der Waals surface area contributed by atoms with Crippen LogP contribution in [0.1, 0.15) is 42.4 Å². The van der Waals surface area contributed by atoms with Crippen molar-refractivity contribution in [3.05, 3.63) is 41.1 Å². The summed E-state index contributed by atoms with van der Waals surface area (Å²) < 4.78 is 5.42. The van der Waals surface area contributed by atoms with E-state index in [9.17, 15) is 0 Å². The van der Waals surface area contributed by atoms with Crippen molar-refractivity contribution in [2.75, 3.05) is 38.0 Å². The standard InChI is InChI=1S/C23H35N5O/c1-16-13-21(29-5)17(2)12-19(16)15-25-14-18-6-8-20(9-7-18)28(4)23-26-11-10-22(24-3)27-23/h10-13,18,20,25H,6-9,14-15H2,1-5H3,(H,24,26,27). The largest absolute Gasteiger partial charge is 0.496 e. The molecule has 158 valence electrons. The molecule has 1 aromatic carbocycles. The molecule has 1 heterocycles. The lowest BCUT2D eigenvalue weighted by atomic mass is 9.85. The Morgan fingerprint density at radius 3 is 2.59 bits per heavy atom. The predicted octanol–water partition coefficient (Wildman–Crippen LogP) is 3.93. The van der Waals surface area contributed by atoms with Gasteiger partial charge in [0.2, 0.25) is 5.95 Å². The number of hydrogen-bond acceptors (Lipinski definition) is 6. The van der Waals surface area contributed by atoms with E-state index in [1.807, 2.05) is 19.3 Å². The highest BCUT2D eigenvalue weighted by atomic mass is 16.5. The highest BCUT2D eigenvalue weighted by Gasteiger charge is 2.25. The van der Waals surface area contributed by atoms with Crippen LogP contribution < -0.4 is 20.3 Å². The first-order chi connectivity index (χ1) is 14.0. The molecule has 0 aliphatic heterocycles. The first-order valence-electron chi connectivity index (χ1n) is 10.6. The first-order valence-corrected chi connectivity index (χ1v) is 10.6. The minimum atomic E-state index is 0.518. The van der Waals surface area contributed by atoms with Crippen LogP contribution in [-0.4, -0.2) is 43.8 Å². The number of hydrogen-bond donors (Lipinski definition) is 2. The summed E-state index contributed by atoms with van der Waals surface area (Å²) in [6.07, 6.45) is 6.69. The summed E-state index contributed by atoms with van der Waals surface area (Å²) in [5, 5.41) is 6.77. The molecule has 6 heteroatoms. The van der Waals surface area contributed by atoms with Crippen LogP contribution in [0.3, 0.4) is 0 Å². The van der Waals surface area contributed by atoms with Crippen LogP contribution in [0.5, 0.6) is 5.75 Å². The Kier molecular flexibility index (Phi) is 7.31. The van der Waals surface area contributed by atoms with Crippen molar-refractivity contribution in [1.82, 2.24) is 15.3 Å². The Balaban J connectivity index is 1.46. The number of methoxy groups -OCH3 is 1. The third kappa shape index (κ3) is 5.38. The molecule has 1 fully saturated rings.